The Kier molecular flexibility index (Phi) is 7.84. The average Bonchev–Trinajstić information content (AvgIpc) is 2.69. The molecule has 2 rings (SSSR count). The Balaban J connectivity index is 1.95. The second-order valence-corrected chi connectivity index (χ2v) is 6.17. The van der Waals surface area contributed by atoms with E-state index in [2.05, 4.69) is 6.58 Å². The van der Waals surface area contributed by atoms with Gasteiger partial charge in [-0.1, -0.05) is 73.3 Å². The first kappa shape index (κ1) is 19.7. The predicted molar refractivity (Wildman–Crippen MR) is 106 cm³/mol. The smallest absolute Gasteiger partial charge is 0.250 e. The van der Waals surface area contributed by atoms with Crippen LogP contribution in [0, 0.1) is 0 Å². The highest BCUT2D eigenvalue weighted by atomic mass is 16.5. The van der Waals surface area contributed by atoms with Gasteiger partial charge in [-0.05, 0) is 37.5 Å². The molecule has 3 heteroatoms. The highest BCUT2D eigenvalue weighted by molar-refractivity contribution is 5.88. The lowest BCUT2D eigenvalue weighted by Gasteiger charge is -2.29. The summed E-state index contributed by atoms with van der Waals surface area (Å²) in [6, 6.07) is 20.1. The molecule has 1 atom stereocenters. The molecule has 26 heavy (non-hydrogen) atoms. The first-order chi connectivity index (χ1) is 12.6. The van der Waals surface area contributed by atoms with Crippen LogP contribution in [-0.2, 0) is 16.1 Å². The largest absolute Gasteiger partial charge is 0.376 e. The minimum absolute atomic E-state index is 0.0526. The minimum atomic E-state index is -0.0969. The molecule has 0 heterocycles. The number of carbonyl (C=O) groups excluding carboxylic acids is 1. The molecular weight excluding hydrogens is 322 g/mol. The lowest BCUT2D eigenvalue weighted by molar-refractivity contribution is -0.125. The van der Waals surface area contributed by atoms with Crippen molar-refractivity contribution in [2.24, 2.45) is 0 Å². The monoisotopic (exact) mass is 349 g/mol. The Morgan fingerprint density at radius 3 is 2.35 bits per heavy atom. The van der Waals surface area contributed by atoms with Gasteiger partial charge >= 0.3 is 0 Å². The highest BCUT2D eigenvalue weighted by Crippen LogP contribution is 2.24. The molecule has 0 aliphatic rings. The molecule has 0 radical (unpaired) electrons. The summed E-state index contributed by atoms with van der Waals surface area (Å²) in [5, 5.41) is 0. The van der Waals surface area contributed by atoms with Gasteiger partial charge in [0.15, 0.2) is 0 Å². The molecule has 0 aliphatic heterocycles. The fourth-order valence-electron chi connectivity index (χ4n) is 2.86. The van der Waals surface area contributed by atoms with Crippen LogP contribution >= 0.6 is 0 Å². The number of allylic oxidation sites excluding steroid dienone is 1. The molecular formula is C23H27NO2. The molecule has 0 aromatic heterocycles. The molecule has 0 fully saturated rings. The van der Waals surface area contributed by atoms with Crippen molar-refractivity contribution in [1.82, 2.24) is 4.90 Å². The summed E-state index contributed by atoms with van der Waals surface area (Å²) in [4.78, 5) is 14.2. The maximum atomic E-state index is 12.4. The van der Waals surface area contributed by atoms with Crippen LogP contribution in [0.4, 0.5) is 0 Å². The lowest BCUT2D eigenvalue weighted by atomic mass is 10.1. The summed E-state index contributed by atoms with van der Waals surface area (Å²) < 4.78 is 5.71. The number of amides is 1. The zero-order valence-corrected chi connectivity index (χ0v) is 15.6. The lowest BCUT2D eigenvalue weighted by Crippen LogP contribution is -2.30. The number of hydrogen-bond acceptors (Lipinski definition) is 2. The fourth-order valence-corrected chi connectivity index (χ4v) is 2.86. The van der Waals surface area contributed by atoms with E-state index < -0.39 is 0 Å². The van der Waals surface area contributed by atoms with E-state index in [-0.39, 0.29) is 11.9 Å². The van der Waals surface area contributed by atoms with Crippen LogP contribution in [0.1, 0.15) is 37.4 Å². The van der Waals surface area contributed by atoms with E-state index in [0.717, 1.165) is 23.2 Å². The number of benzene rings is 2. The van der Waals surface area contributed by atoms with E-state index in [9.17, 15) is 4.79 Å². The summed E-state index contributed by atoms with van der Waals surface area (Å²) in [7, 11) is 0. The van der Waals surface area contributed by atoms with Crippen molar-refractivity contribution >= 4 is 5.91 Å². The SMILES string of the molecule is C=CC(=O)N(/C(C)=C/CCOCc1ccccc1)[C@@H](C)c1ccccc1. The van der Waals surface area contributed by atoms with Crippen LogP contribution in [0.15, 0.2) is 85.1 Å². The van der Waals surface area contributed by atoms with Gasteiger partial charge in [0.2, 0.25) is 0 Å². The molecule has 0 saturated heterocycles. The molecule has 0 N–H and O–H groups in total. The van der Waals surface area contributed by atoms with Gasteiger partial charge in [-0.15, -0.1) is 0 Å². The minimum Gasteiger partial charge on any atom is -0.376 e. The maximum absolute atomic E-state index is 12.4. The standard InChI is InChI=1S/C23H27NO2/c1-4-23(25)24(20(3)22-15-9-6-10-16-22)19(2)12-11-17-26-18-21-13-7-5-8-14-21/h4-10,12-16,20H,1,11,17-18H2,2-3H3/b19-12+/t20-/m0/s1. The third-order valence-corrected chi connectivity index (χ3v) is 4.27. The van der Waals surface area contributed by atoms with Crippen molar-refractivity contribution in [2.75, 3.05) is 6.61 Å². The van der Waals surface area contributed by atoms with Crippen molar-refractivity contribution in [1.29, 1.82) is 0 Å². The zero-order chi connectivity index (χ0) is 18.8. The Morgan fingerprint density at radius 2 is 1.73 bits per heavy atom. The number of carbonyl (C=O) groups is 1. The molecule has 0 bridgehead atoms. The third kappa shape index (κ3) is 5.71. The third-order valence-electron chi connectivity index (χ3n) is 4.27. The summed E-state index contributed by atoms with van der Waals surface area (Å²) in [5.41, 5.74) is 3.17. The van der Waals surface area contributed by atoms with Crippen LogP contribution in [0.3, 0.4) is 0 Å². The molecule has 2 aromatic rings. The van der Waals surface area contributed by atoms with E-state index in [4.69, 9.17) is 4.74 Å². The zero-order valence-electron chi connectivity index (χ0n) is 15.6. The quantitative estimate of drug-likeness (QED) is 0.456. The normalized spacial score (nSPS) is 12.5. The molecule has 1 amide bonds. The van der Waals surface area contributed by atoms with Crippen LogP contribution < -0.4 is 0 Å². The number of rotatable bonds is 9. The van der Waals surface area contributed by atoms with Crippen molar-refractivity contribution in [3.8, 4) is 0 Å². The van der Waals surface area contributed by atoms with Crippen LogP contribution in [0.5, 0.6) is 0 Å². The molecule has 0 aliphatic carbocycles. The summed E-state index contributed by atoms with van der Waals surface area (Å²) in [5.74, 6) is -0.0969. The highest BCUT2D eigenvalue weighted by Gasteiger charge is 2.20. The van der Waals surface area contributed by atoms with E-state index in [1.54, 1.807) is 4.90 Å². The van der Waals surface area contributed by atoms with Crippen molar-refractivity contribution in [3.05, 3.63) is 96.2 Å². The average molecular weight is 349 g/mol. The Hall–Kier alpha value is -2.65. The first-order valence-electron chi connectivity index (χ1n) is 8.92. The Bertz CT molecular complexity index is 722. The van der Waals surface area contributed by atoms with Gasteiger partial charge in [0, 0.05) is 5.70 Å². The molecule has 0 unspecified atom stereocenters. The van der Waals surface area contributed by atoms with Crippen LogP contribution in [0.25, 0.3) is 0 Å². The van der Waals surface area contributed by atoms with Gasteiger partial charge in [-0.2, -0.15) is 0 Å². The summed E-state index contributed by atoms with van der Waals surface area (Å²) in [6.45, 7) is 8.84. The van der Waals surface area contributed by atoms with Gasteiger partial charge in [-0.3, -0.25) is 4.79 Å². The molecule has 0 saturated carbocycles. The van der Waals surface area contributed by atoms with Gasteiger partial charge in [-0.25, -0.2) is 0 Å². The second kappa shape index (κ2) is 10.4. The number of nitrogens with zero attached hydrogens (tertiary/aromatic N) is 1. The number of ether oxygens (including phenoxy) is 1. The molecule has 0 spiro atoms. The van der Waals surface area contributed by atoms with Crippen LogP contribution in [-0.4, -0.2) is 17.4 Å². The van der Waals surface area contributed by atoms with Gasteiger partial charge in [0.1, 0.15) is 0 Å². The topological polar surface area (TPSA) is 29.5 Å². The molecule has 136 valence electrons. The van der Waals surface area contributed by atoms with Gasteiger partial charge in [0.25, 0.3) is 5.91 Å². The maximum Gasteiger partial charge on any atom is 0.250 e. The molecule has 2 aromatic carbocycles. The Morgan fingerprint density at radius 1 is 1.12 bits per heavy atom. The van der Waals surface area contributed by atoms with Crippen molar-refractivity contribution in [3.63, 3.8) is 0 Å². The number of hydrogen-bond donors (Lipinski definition) is 0. The van der Waals surface area contributed by atoms with E-state index >= 15 is 0 Å². The van der Waals surface area contributed by atoms with Crippen LogP contribution in [0.2, 0.25) is 0 Å². The van der Waals surface area contributed by atoms with Gasteiger partial charge in [0.05, 0.1) is 19.3 Å². The van der Waals surface area contributed by atoms with Gasteiger partial charge < -0.3 is 9.64 Å². The predicted octanol–water partition coefficient (Wildman–Crippen LogP) is 5.27. The van der Waals surface area contributed by atoms with Crippen molar-refractivity contribution < 1.29 is 9.53 Å². The van der Waals surface area contributed by atoms with Crippen molar-refractivity contribution in [2.45, 2.75) is 32.9 Å². The summed E-state index contributed by atoms with van der Waals surface area (Å²) in [6.07, 6.45) is 4.16. The van der Waals surface area contributed by atoms with E-state index in [1.807, 2.05) is 80.6 Å². The fraction of sp³-hybridized carbons (Fsp3) is 0.261. The summed E-state index contributed by atoms with van der Waals surface area (Å²) >= 11 is 0. The van der Waals surface area contributed by atoms with E-state index in [1.165, 1.54) is 6.08 Å². The molecule has 3 nitrogen and oxygen atoms in total. The first-order valence-corrected chi connectivity index (χ1v) is 8.92. The Labute approximate surface area is 156 Å². The van der Waals surface area contributed by atoms with E-state index in [0.29, 0.717) is 13.2 Å². The second-order valence-electron chi connectivity index (χ2n) is 6.17.